The molecule has 19 heavy (non-hydrogen) atoms. The third-order valence-electron chi connectivity index (χ3n) is 3.77. The van der Waals surface area contributed by atoms with Gasteiger partial charge < -0.3 is 10.6 Å². The lowest BCUT2D eigenvalue weighted by Crippen LogP contribution is -2.28. The van der Waals surface area contributed by atoms with Crippen molar-refractivity contribution in [1.82, 2.24) is 0 Å². The summed E-state index contributed by atoms with van der Waals surface area (Å²) in [6, 6.07) is 14.8. The van der Waals surface area contributed by atoms with E-state index in [9.17, 15) is 0 Å². The summed E-state index contributed by atoms with van der Waals surface area (Å²) in [5.41, 5.74) is 10.3. The minimum atomic E-state index is 0.506. The molecule has 1 unspecified atom stereocenters. The van der Waals surface area contributed by atoms with Gasteiger partial charge in [0.05, 0.1) is 0 Å². The Bertz CT molecular complexity index is 609. The second-order valence-corrected chi connectivity index (χ2v) is 5.57. The number of nitrogen functional groups attached to an aromatic ring is 1. The zero-order chi connectivity index (χ0) is 13.4. The SMILES string of the molecule is CC1Cc2ccccc2N1Cc1ccc(N)cc1Cl. The quantitative estimate of drug-likeness (QED) is 0.841. The van der Waals surface area contributed by atoms with E-state index in [0.29, 0.717) is 11.7 Å². The molecule has 2 aromatic rings. The number of hydrogen-bond acceptors (Lipinski definition) is 2. The molecule has 0 amide bonds. The Kier molecular flexibility index (Phi) is 3.11. The number of nitrogens with two attached hydrogens (primary N) is 1. The first-order chi connectivity index (χ1) is 9.15. The molecule has 2 nitrogen and oxygen atoms in total. The van der Waals surface area contributed by atoms with E-state index in [2.05, 4.69) is 36.1 Å². The highest BCUT2D eigenvalue weighted by Gasteiger charge is 2.25. The van der Waals surface area contributed by atoms with Crippen molar-refractivity contribution in [3.8, 4) is 0 Å². The molecule has 0 fully saturated rings. The second kappa shape index (κ2) is 4.78. The van der Waals surface area contributed by atoms with Crippen LogP contribution in [0.4, 0.5) is 11.4 Å². The van der Waals surface area contributed by atoms with Gasteiger partial charge in [0, 0.05) is 29.0 Å². The zero-order valence-electron chi connectivity index (χ0n) is 10.9. The first-order valence-electron chi connectivity index (χ1n) is 6.53. The summed E-state index contributed by atoms with van der Waals surface area (Å²) in [6.07, 6.45) is 1.10. The van der Waals surface area contributed by atoms with Crippen molar-refractivity contribution in [2.75, 3.05) is 10.6 Å². The molecule has 0 aromatic heterocycles. The molecule has 1 heterocycles. The fourth-order valence-corrected chi connectivity index (χ4v) is 2.99. The summed E-state index contributed by atoms with van der Waals surface area (Å²) >= 11 is 6.28. The first kappa shape index (κ1) is 12.4. The van der Waals surface area contributed by atoms with Gasteiger partial charge in [0.2, 0.25) is 0 Å². The van der Waals surface area contributed by atoms with Crippen LogP contribution in [0.3, 0.4) is 0 Å². The average molecular weight is 273 g/mol. The highest BCUT2D eigenvalue weighted by molar-refractivity contribution is 6.31. The van der Waals surface area contributed by atoms with Crippen LogP contribution in [0.25, 0.3) is 0 Å². The van der Waals surface area contributed by atoms with Gasteiger partial charge in [-0.1, -0.05) is 35.9 Å². The van der Waals surface area contributed by atoms with E-state index in [1.165, 1.54) is 11.3 Å². The van der Waals surface area contributed by atoms with E-state index in [1.807, 2.05) is 18.2 Å². The number of rotatable bonds is 2. The lowest BCUT2D eigenvalue weighted by atomic mass is 10.1. The molecule has 0 radical (unpaired) electrons. The normalized spacial score (nSPS) is 17.6. The number of nitrogens with zero attached hydrogens (tertiary/aromatic N) is 1. The summed E-state index contributed by atoms with van der Waals surface area (Å²) in [7, 11) is 0. The van der Waals surface area contributed by atoms with Crippen LogP contribution in [0.2, 0.25) is 5.02 Å². The fraction of sp³-hybridized carbons (Fsp3) is 0.250. The Balaban J connectivity index is 1.91. The van der Waals surface area contributed by atoms with E-state index in [0.717, 1.165) is 23.6 Å². The van der Waals surface area contributed by atoms with Gasteiger partial charge in [0.15, 0.2) is 0 Å². The molecule has 3 rings (SSSR count). The van der Waals surface area contributed by atoms with E-state index in [1.54, 1.807) is 0 Å². The molecule has 0 saturated carbocycles. The van der Waals surface area contributed by atoms with E-state index in [-0.39, 0.29) is 0 Å². The molecule has 0 bridgehead atoms. The summed E-state index contributed by atoms with van der Waals surface area (Å²) in [5.74, 6) is 0. The highest BCUT2D eigenvalue weighted by atomic mass is 35.5. The third kappa shape index (κ3) is 2.28. The van der Waals surface area contributed by atoms with Gasteiger partial charge in [-0.2, -0.15) is 0 Å². The second-order valence-electron chi connectivity index (χ2n) is 5.16. The van der Waals surface area contributed by atoms with Crippen LogP contribution in [0.1, 0.15) is 18.1 Å². The summed E-state index contributed by atoms with van der Waals surface area (Å²) < 4.78 is 0. The van der Waals surface area contributed by atoms with Gasteiger partial charge in [-0.25, -0.2) is 0 Å². The van der Waals surface area contributed by atoms with Gasteiger partial charge in [-0.15, -0.1) is 0 Å². The van der Waals surface area contributed by atoms with Crippen LogP contribution < -0.4 is 10.6 Å². The Hall–Kier alpha value is -1.67. The molecule has 2 aromatic carbocycles. The topological polar surface area (TPSA) is 29.3 Å². The maximum atomic E-state index is 6.28. The van der Waals surface area contributed by atoms with Gasteiger partial charge in [-0.3, -0.25) is 0 Å². The van der Waals surface area contributed by atoms with E-state index >= 15 is 0 Å². The largest absolute Gasteiger partial charge is 0.399 e. The molecule has 1 aliphatic heterocycles. The zero-order valence-corrected chi connectivity index (χ0v) is 11.7. The van der Waals surface area contributed by atoms with Crippen molar-refractivity contribution in [2.45, 2.75) is 25.9 Å². The number of fused-ring (bicyclic) bond motifs is 1. The van der Waals surface area contributed by atoms with Crippen molar-refractivity contribution < 1.29 is 0 Å². The molecule has 0 saturated heterocycles. The molecule has 0 aliphatic carbocycles. The molecular weight excluding hydrogens is 256 g/mol. The first-order valence-corrected chi connectivity index (χ1v) is 6.91. The maximum absolute atomic E-state index is 6.28. The van der Waals surface area contributed by atoms with Crippen LogP contribution in [0, 0.1) is 0 Å². The standard InChI is InChI=1S/C16H17ClN2/c1-11-8-12-4-2-3-5-16(12)19(11)10-13-6-7-14(18)9-15(13)17/h2-7,9,11H,8,10,18H2,1H3. The Labute approximate surface area is 118 Å². The maximum Gasteiger partial charge on any atom is 0.0476 e. The van der Waals surface area contributed by atoms with Crippen molar-refractivity contribution in [3.63, 3.8) is 0 Å². The molecule has 3 heteroatoms. The summed E-state index contributed by atoms with van der Waals surface area (Å²) in [4.78, 5) is 2.41. The van der Waals surface area contributed by atoms with Crippen molar-refractivity contribution in [1.29, 1.82) is 0 Å². The highest BCUT2D eigenvalue weighted by Crippen LogP contribution is 2.34. The Morgan fingerprint density at radius 1 is 1.26 bits per heavy atom. The predicted octanol–water partition coefficient (Wildman–Crippen LogP) is 3.87. The monoisotopic (exact) mass is 272 g/mol. The Morgan fingerprint density at radius 3 is 2.84 bits per heavy atom. The smallest absolute Gasteiger partial charge is 0.0476 e. The van der Waals surface area contributed by atoms with Gasteiger partial charge in [-0.05, 0) is 42.7 Å². The number of hydrogen-bond donors (Lipinski definition) is 1. The average Bonchev–Trinajstić information content (AvgIpc) is 2.69. The summed E-state index contributed by atoms with van der Waals surface area (Å²) in [5, 5.41) is 0.747. The van der Waals surface area contributed by atoms with Crippen molar-refractivity contribution in [2.24, 2.45) is 0 Å². The molecule has 1 atom stereocenters. The van der Waals surface area contributed by atoms with Crippen LogP contribution >= 0.6 is 11.6 Å². The van der Waals surface area contributed by atoms with Gasteiger partial charge in [0.1, 0.15) is 0 Å². The lowest BCUT2D eigenvalue weighted by molar-refractivity contribution is 0.672. The van der Waals surface area contributed by atoms with Crippen molar-refractivity contribution >= 4 is 23.0 Å². The molecule has 98 valence electrons. The number of halogens is 1. The summed E-state index contributed by atoms with van der Waals surface area (Å²) in [6.45, 7) is 3.09. The van der Waals surface area contributed by atoms with Crippen LogP contribution in [-0.4, -0.2) is 6.04 Å². The molecule has 0 spiro atoms. The minimum Gasteiger partial charge on any atom is -0.399 e. The molecule has 2 N–H and O–H groups in total. The van der Waals surface area contributed by atoms with Crippen molar-refractivity contribution in [3.05, 3.63) is 58.6 Å². The molecular formula is C16H17ClN2. The lowest BCUT2D eigenvalue weighted by Gasteiger charge is -2.25. The number of anilines is 2. The van der Waals surface area contributed by atoms with Crippen LogP contribution in [0.5, 0.6) is 0 Å². The number of para-hydroxylation sites is 1. The van der Waals surface area contributed by atoms with E-state index < -0.39 is 0 Å². The third-order valence-corrected chi connectivity index (χ3v) is 4.12. The molecule has 1 aliphatic rings. The van der Waals surface area contributed by atoms with Crippen LogP contribution in [0.15, 0.2) is 42.5 Å². The number of benzene rings is 2. The van der Waals surface area contributed by atoms with Gasteiger partial charge in [0.25, 0.3) is 0 Å². The Morgan fingerprint density at radius 2 is 2.05 bits per heavy atom. The van der Waals surface area contributed by atoms with Gasteiger partial charge >= 0.3 is 0 Å². The fourth-order valence-electron chi connectivity index (χ4n) is 2.75. The predicted molar refractivity (Wildman–Crippen MR) is 81.7 cm³/mol. The van der Waals surface area contributed by atoms with E-state index in [4.69, 9.17) is 17.3 Å². The van der Waals surface area contributed by atoms with Crippen LogP contribution in [-0.2, 0) is 13.0 Å². The minimum absolute atomic E-state index is 0.506.